The van der Waals surface area contributed by atoms with Gasteiger partial charge in [-0.2, -0.15) is 0 Å². The summed E-state index contributed by atoms with van der Waals surface area (Å²) in [6, 6.07) is 2.15. The molecular weight excluding hydrogens is 185 g/mol. The Hall–Kier alpha value is -1.29. The molecule has 4 heteroatoms. The molecule has 3 nitrogen and oxygen atoms in total. The van der Waals surface area contributed by atoms with E-state index in [1.807, 2.05) is 0 Å². The quantitative estimate of drug-likeness (QED) is 0.600. The molecule has 0 saturated carbocycles. The van der Waals surface area contributed by atoms with Gasteiger partial charge in [-0.05, 0) is 31.5 Å². The van der Waals surface area contributed by atoms with Crippen LogP contribution in [0.1, 0.15) is 24.4 Å². The van der Waals surface area contributed by atoms with Crippen LogP contribution in [0.2, 0.25) is 0 Å². The molecule has 1 saturated heterocycles. The molecule has 3 N–H and O–H groups in total. The number of phenolic OH excluding ortho intramolecular Hbond substituents is 2. The maximum Gasteiger partial charge on any atom is 0.165 e. The third kappa shape index (κ3) is 1.42. The topological polar surface area (TPSA) is 52.5 Å². The number of rotatable bonds is 1. The van der Waals surface area contributed by atoms with Crippen LogP contribution in [0.25, 0.3) is 0 Å². The minimum Gasteiger partial charge on any atom is -0.504 e. The lowest BCUT2D eigenvalue weighted by Crippen LogP contribution is -2.14. The molecule has 0 aromatic heterocycles. The van der Waals surface area contributed by atoms with Crippen LogP contribution < -0.4 is 5.32 Å². The van der Waals surface area contributed by atoms with Gasteiger partial charge in [-0.25, -0.2) is 4.39 Å². The SMILES string of the molecule is Oc1ccc(F)c(C2CCCN2)c1O. The highest BCUT2D eigenvalue weighted by Gasteiger charge is 2.24. The lowest BCUT2D eigenvalue weighted by molar-refractivity contribution is 0.386. The first kappa shape index (κ1) is 9.27. The molecule has 0 bridgehead atoms. The van der Waals surface area contributed by atoms with E-state index in [4.69, 9.17) is 0 Å². The zero-order valence-electron chi connectivity index (χ0n) is 7.63. The zero-order valence-corrected chi connectivity index (χ0v) is 7.63. The van der Waals surface area contributed by atoms with E-state index in [2.05, 4.69) is 5.32 Å². The molecule has 1 aromatic carbocycles. The van der Waals surface area contributed by atoms with Crippen molar-refractivity contribution in [2.24, 2.45) is 0 Å². The smallest absolute Gasteiger partial charge is 0.165 e. The van der Waals surface area contributed by atoms with Crippen molar-refractivity contribution in [3.63, 3.8) is 0 Å². The predicted molar refractivity (Wildman–Crippen MR) is 49.7 cm³/mol. The van der Waals surface area contributed by atoms with Crippen LogP contribution in [0.15, 0.2) is 12.1 Å². The van der Waals surface area contributed by atoms with E-state index in [0.717, 1.165) is 25.5 Å². The standard InChI is InChI=1S/C10H12FNO2/c11-6-3-4-8(13)10(14)9(6)7-2-1-5-12-7/h3-4,7,12-14H,1-2,5H2. The number of benzene rings is 1. The number of aromatic hydroxyl groups is 2. The molecule has 0 spiro atoms. The summed E-state index contributed by atoms with van der Waals surface area (Å²) in [5.41, 5.74) is 0.183. The number of hydrogen-bond acceptors (Lipinski definition) is 3. The van der Waals surface area contributed by atoms with Crippen molar-refractivity contribution in [1.82, 2.24) is 5.32 Å². The molecule has 1 fully saturated rings. The molecule has 0 radical (unpaired) electrons. The molecule has 76 valence electrons. The highest BCUT2D eigenvalue weighted by molar-refractivity contribution is 5.47. The Labute approximate surface area is 81.2 Å². The Morgan fingerprint density at radius 1 is 1.36 bits per heavy atom. The summed E-state index contributed by atoms with van der Waals surface area (Å²) in [6.07, 6.45) is 1.74. The Morgan fingerprint density at radius 2 is 2.14 bits per heavy atom. The summed E-state index contributed by atoms with van der Waals surface area (Å²) >= 11 is 0. The Morgan fingerprint density at radius 3 is 2.79 bits per heavy atom. The van der Waals surface area contributed by atoms with Crippen LogP contribution in [-0.2, 0) is 0 Å². The van der Waals surface area contributed by atoms with Crippen molar-refractivity contribution in [2.75, 3.05) is 6.54 Å². The third-order valence-electron chi connectivity index (χ3n) is 2.55. The van der Waals surface area contributed by atoms with Crippen LogP contribution in [-0.4, -0.2) is 16.8 Å². The molecule has 0 aliphatic carbocycles. The Balaban J connectivity index is 2.44. The van der Waals surface area contributed by atoms with Gasteiger partial charge in [0.25, 0.3) is 0 Å². The fourth-order valence-electron chi connectivity index (χ4n) is 1.83. The number of phenols is 2. The first-order chi connectivity index (χ1) is 6.70. The summed E-state index contributed by atoms with van der Waals surface area (Å²) < 4.78 is 13.4. The van der Waals surface area contributed by atoms with Gasteiger partial charge >= 0.3 is 0 Å². The molecule has 0 amide bonds. The van der Waals surface area contributed by atoms with E-state index in [1.54, 1.807) is 0 Å². The minimum atomic E-state index is -0.472. The maximum absolute atomic E-state index is 13.4. The number of halogens is 1. The van der Waals surface area contributed by atoms with Gasteiger partial charge in [-0.15, -0.1) is 0 Å². The van der Waals surface area contributed by atoms with Crippen LogP contribution >= 0.6 is 0 Å². The van der Waals surface area contributed by atoms with Gasteiger partial charge in [0.05, 0.1) is 5.56 Å². The minimum absolute atomic E-state index is 0.179. The maximum atomic E-state index is 13.4. The second-order valence-corrected chi connectivity index (χ2v) is 3.48. The summed E-state index contributed by atoms with van der Waals surface area (Å²) in [5.74, 6) is -1.08. The first-order valence-corrected chi connectivity index (χ1v) is 4.64. The van der Waals surface area contributed by atoms with E-state index in [1.165, 1.54) is 6.07 Å². The van der Waals surface area contributed by atoms with E-state index in [-0.39, 0.29) is 23.1 Å². The fraction of sp³-hybridized carbons (Fsp3) is 0.400. The van der Waals surface area contributed by atoms with Gasteiger partial charge in [-0.1, -0.05) is 0 Å². The van der Waals surface area contributed by atoms with E-state index in [9.17, 15) is 14.6 Å². The van der Waals surface area contributed by atoms with Crippen molar-refractivity contribution < 1.29 is 14.6 Å². The van der Waals surface area contributed by atoms with Crippen molar-refractivity contribution in [2.45, 2.75) is 18.9 Å². The van der Waals surface area contributed by atoms with Gasteiger partial charge in [0.1, 0.15) is 5.82 Å². The number of nitrogens with one attached hydrogen (secondary N) is 1. The second-order valence-electron chi connectivity index (χ2n) is 3.48. The van der Waals surface area contributed by atoms with Gasteiger partial charge < -0.3 is 15.5 Å². The van der Waals surface area contributed by atoms with E-state index in [0.29, 0.717) is 0 Å². The normalized spacial score (nSPS) is 21.4. The highest BCUT2D eigenvalue weighted by Crippen LogP contribution is 2.37. The molecule has 1 aromatic rings. The fourth-order valence-corrected chi connectivity index (χ4v) is 1.83. The van der Waals surface area contributed by atoms with Gasteiger partial charge in [0, 0.05) is 6.04 Å². The highest BCUT2D eigenvalue weighted by atomic mass is 19.1. The second kappa shape index (κ2) is 3.46. The largest absolute Gasteiger partial charge is 0.504 e. The molecule has 14 heavy (non-hydrogen) atoms. The number of hydrogen-bond donors (Lipinski definition) is 3. The molecule has 1 heterocycles. The van der Waals surface area contributed by atoms with Gasteiger partial charge in [-0.3, -0.25) is 0 Å². The van der Waals surface area contributed by atoms with Crippen molar-refractivity contribution >= 4 is 0 Å². The molecule has 1 atom stereocenters. The van der Waals surface area contributed by atoms with Crippen LogP contribution in [0.3, 0.4) is 0 Å². The Bertz CT molecular complexity index is 348. The van der Waals surface area contributed by atoms with E-state index >= 15 is 0 Å². The van der Waals surface area contributed by atoms with Crippen molar-refractivity contribution in [3.8, 4) is 11.5 Å². The lowest BCUT2D eigenvalue weighted by Gasteiger charge is -2.14. The summed E-state index contributed by atoms with van der Waals surface area (Å²) in [5, 5.41) is 21.8. The average Bonchev–Trinajstić information content (AvgIpc) is 2.65. The Kier molecular flexibility index (Phi) is 2.29. The summed E-state index contributed by atoms with van der Waals surface area (Å²) in [7, 11) is 0. The third-order valence-corrected chi connectivity index (χ3v) is 2.55. The summed E-state index contributed by atoms with van der Waals surface area (Å²) in [4.78, 5) is 0. The van der Waals surface area contributed by atoms with Crippen LogP contribution in [0, 0.1) is 5.82 Å². The summed E-state index contributed by atoms with van der Waals surface area (Å²) in [6.45, 7) is 0.819. The lowest BCUT2D eigenvalue weighted by atomic mass is 10.0. The monoisotopic (exact) mass is 197 g/mol. The van der Waals surface area contributed by atoms with Gasteiger partial charge in [0.2, 0.25) is 0 Å². The van der Waals surface area contributed by atoms with Crippen molar-refractivity contribution in [1.29, 1.82) is 0 Å². The first-order valence-electron chi connectivity index (χ1n) is 4.64. The van der Waals surface area contributed by atoms with Crippen LogP contribution in [0.4, 0.5) is 4.39 Å². The van der Waals surface area contributed by atoms with Crippen molar-refractivity contribution in [3.05, 3.63) is 23.5 Å². The predicted octanol–water partition coefficient (Wildman–Crippen LogP) is 1.66. The molecule has 1 aliphatic heterocycles. The van der Waals surface area contributed by atoms with Crippen LogP contribution in [0.5, 0.6) is 11.5 Å². The zero-order chi connectivity index (χ0) is 10.1. The molecule has 1 unspecified atom stereocenters. The average molecular weight is 197 g/mol. The molecular formula is C10H12FNO2. The van der Waals surface area contributed by atoms with E-state index < -0.39 is 5.82 Å². The molecule has 1 aliphatic rings. The molecule has 2 rings (SSSR count). The van der Waals surface area contributed by atoms with Gasteiger partial charge in [0.15, 0.2) is 11.5 Å².